The number of rotatable bonds is 3. The van der Waals surface area contributed by atoms with Gasteiger partial charge >= 0.3 is 0 Å². The molecule has 0 aliphatic heterocycles. The Balaban J connectivity index is 1.86. The second-order valence-electron chi connectivity index (χ2n) is 5.19. The van der Waals surface area contributed by atoms with E-state index < -0.39 is 0 Å². The third kappa shape index (κ3) is 2.69. The highest BCUT2D eigenvalue weighted by Gasteiger charge is 2.17. The maximum Gasteiger partial charge on any atom is 0.270 e. The molecule has 7 heteroatoms. The first kappa shape index (κ1) is 14.9. The summed E-state index contributed by atoms with van der Waals surface area (Å²) in [6, 6.07) is 5.24. The van der Waals surface area contributed by atoms with Crippen molar-refractivity contribution in [2.75, 3.05) is 7.05 Å². The molecular weight excluding hydrogens is 323 g/mol. The molecular formula is C15H14Cl2N4O. The van der Waals surface area contributed by atoms with Gasteiger partial charge in [-0.1, -0.05) is 23.2 Å². The lowest BCUT2D eigenvalue weighted by Crippen LogP contribution is -2.26. The first-order chi connectivity index (χ1) is 10.5. The second kappa shape index (κ2) is 5.66. The van der Waals surface area contributed by atoms with Gasteiger partial charge in [0, 0.05) is 43.3 Å². The summed E-state index contributed by atoms with van der Waals surface area (Å²) >= 11 is 12.2. The minimum absolute atomic E-state index is 0.118. The molecule has 1 aromatic carbocycles. The Bertz CT molecular complexity index is 852. The predicted molar refractivity (Wildman–Crippen MR) is 87.3 cm³/mol. The minimum atomic E-state index is -0.118. The summed E-state index contributed by atoms with van der Waals surface area (Å²) < 4.78 is 1.71. The van der Waals surface area contributed by atoms with E-state index in [0.29, 0.717) is 22.3 Å². The van der Waals surface area contributed by atoms with Crippen molar-refractivity contribution in [2.45, 2.75) is 6.54 Å². The molecule has 0 saturated heterocycles. The van der Waals surface area contributed by atoms with Crippen molar-refractivity contribution >= 4 is 40.0 Å². The van der Waals surface area contributed by atoms with E-state index in [2.05, 4.69) is 10.1 Å². The molecule has 0 bridgehead atoms. The highest BCUT2D eigenvalue weighted by atomic mass is 35.5. The van der Waals surface area contributed by atoms with Crippen molar-refractivity contribution < 1.29 is 4.79 Å². The molecule has 0 fully saturated rings. The third-order valence-corrected chi connectivity index (χ3v) is 4.26. The monoisotopic (exact) mass is 336 g/mol. The first-order valence-electron chi connectivity index (χ1n) is 6.65. The summed E-state index contributed by atoms with van der Waals surface area (Å²) in [7, 11) is 3.59. The van der Waals surface area contributed by atoms with Crippen LogP contribution in [0.3, 0.4) is 0 Å². The Hall–Kier alpha value is -1.98. The zero-order valence-electron chi connectivity index (χ0n) is 12.1. The molecule has 3 rings (SSSR count). The molecule has 3 aromatic rings. The topological polar surface area (TPSA) is 53.9 Å². The number of benzene rings is 1. The number of hydrogen-bond donors (Lipinski definition) is 1. The summed E-state index contributed by atoms with van der Waals surface area (Å²) in [6.45, 7) is 0.483. The van der Waals surface area contributed by atoms with Crippen molar-refractivity contribution in [1.29, 1.82) is 0 Å². The number of nitrogens with one attached hydrogen (secondary N) is 1. The van der Waals surface area contributed by atoms with E-state index in [1.165, 1.54) is 0 Å². The van der Waals surface area contributed by atoms with Gasteiger partial charge in [-0.15, -0.1) is 0 Å². The molecule has 1 N–H and O–H groups in total. The maximum atomic E-state index is 12.5. The molecule has 1 amide bonds. The zero-order chi connectivity index (χ0) is 15.9. The lowest BCUT2D eigenvalue weighted by atomic mass is 10.2. The van der Waals surface area contributed by atoms with E-state index in [0.717, 1.165) is 16.5 Å². The van der Waals surface area contributed by atoms with E-state index in [1.54, 1.807) is 41.0 Å². The van der Waals surface area contributed by atoms with Gasteiger partial charge in [0.05, 0.1) is 16.2 Å². The molecule has 0 aliphatic carbocycles. The largest absolute Gasteiger partial charge is 0.350 e. The number of aryl methyl sites for hydroxylation is 1. The van der Waals surface area contributed by atoms with Gasteiger partial charge in [0.2, 0.25) is 0 Å². The average Bonchev–Trinajstić information content (AvgIpc) is 3.09. The first-order valence-corrected chi connectivity index (χ1v) is 7.41. The summed E-state index contributed by atoms with van der Waals surface area (Å²) in [4.78, 5) is 17.2. The highest BCUT2D eigenvalue weighted by Crippen LogP contribution is 2.31. The van der Waals surface area contributed by atoms with Crippen molar-refractivity contribution in [3.8, 4) is 0 Å². The Morgan fingerprint density at radius 1 is 1.41 bits per heavy atom. The number of H-pyrrole nitrogens is 1. The summed E-state index contributed by atoms with van der Waals surface area (Å²) in [6.07, 6.45) is 3.62. The van der Waals surface area contributed by atoms with Crippen LogP contribution in [0, 0.1) is 0 Å². The molecule has 0 atom stereocenters. The average molecular weight is 337 g/mol. The number of carbonyl (C=O) groups excluding carboxylic acids is 1. The Kier molecular flexibility index (Phi) is 3.85. The van der Waals surface area contributed by atoms with Gasteiger partial charge in [0.25, 0.3) is 5.91 Å². The third-order valence-electron chi connectivity index (χ3n) is 3.45. The van der Waals surface area contributed by atoms with Crippen LogP contribution in [0.25, 0.3) is 10.9 Å². The lowest BCUT2D eigenvalue weighted by molar-refractivity contribution is 0.0780. The molecule has 0 radical (unpaired) electrons. The molecule has 0 aliphatic rings. The highest BCUT2D eigenvalue weighted by molar-refractivity contribution is 6.45. The SMILES string of the molecule is CN(Cc1cnn(C)c1)C(=O)c1cc2c(Cl)c(Cl)ccc2[nH]1. The standard InChI is InChI=1S/C15H14Cl2N4O/c1-20(7-9-6-18-21(2)8-9)15(22)13-5-10-12(19-13)4-3-11(16)14(10)17/h3-6,8,19H,7H2,1-2H3. The van der Waals surface area contributed by atoms with E-state index in [4.69, 9.17) is 23.2 Å². The smallest absolute Gasteiger partial charge is 0.270 e. The maximum absolute atomic E-state index is 12.5. The van der Waals surface area contributed by atoms with Gasteiger partial charge < -0.3 is 9.88 Å². The van der Waals surface area contributed by atoms with E-state index in [9.17, 15) is 4.79 Å². The Labute approximate surface area is 137 Å². The van der Waals surface area contributed by atoms with Gasteiger partial charge in [0.15, 0.2) is 0 Å². The van der Waals surface area contributed by atoms with Crippen LogP contribution in [0.4, 0.5) is 0 Å². The molecule has 5 nitrogen and oxygen atoms in total. The van der Waals surface area contributed by atoms with Crippen LogP contribution in [0.5, 0.6) is 0 Å². The summed E-state index contributed by atoms with van der Waals surface area (Å²) in [5, 5.41) is 5.76. The van der Waals surface area contributed by atoms with Crippen LogP contribution >= 0.6 is 23.2 Å². The van der Waals surface area contributed by atoms with Gasteiger partial charge in [-0.25, -0.2) is 0 Å². The number of aromatic nitrogens is 3. The van der Waals surface area contributed by atoms with Crippen LogP contribution in [-0.2, 0) is 13.6 Å². The minimum Gasteiger partial charge on any atom is -0.350 e. The summed E-state index contributed by atoms with van der Waals surface area (Å²) in [5.41, 5.74) is 2.23. The number of hydrogen-bond acceptors (Lipinski definition) is 2. The van der Waals surface area contributed by atoms with Crippen molar-refractivity contribution in [1.82, 2.24) is 19.7 Å². The quantitative estimate of drug-likeness (QED) is 0.796. The number of carbonyl (C=O) groups is 1. The normalized spacial score (nSPS) is 11.1. The fourth-order valence-corrected chi connectivity index (χ4v) is 2.75. The molecule has 114 valence electrons. The van der Waals surface area contributed by atoms with Crippen LogP contribution in [0.1, 0.15) is 16.1 Å². The molecule has 2 heterocycles. The molecule has 0 unspecified atom stereocenters. The van der Waals surface area contributed by atoms with E-state index in [-0.39, 0.29) is 5.91 Å². The number of nitrogens with zero attached hydrogens (tertiary/aromatic N) is 3. The van der Waals surface area contributed by atoms with Gasteiger partial charge in [0.1, 0.15) is 5.69 Å². The van der Waals surface area contributed by atoms with Crippen LogP contribution in [-0.4, -0.2) is 32.6 Å². The van der Waals surface area contributed by atoms with Crippen LogP contribution in [0.2, 0.25) is 10.0 Å². The Morgan fingerprint density at radius 3 is 2.86 bits per heavy atom. The van der Waals surface area contributed by atoms with Gasteiger partial charge in [-0.3, -0.25) is 9.48 Å². The van der Waals surface area contributed by atoms with Crippen LogP contribution in [0.15, 0.2) is 30.6 Å². The van der Waals surface area contributed by atoms with E-state index in [1.807, 2.05) is 13.2 Å². The van der Waals surface area contributed by atoms with Crippen molar-refractivity contribution in [2.24, 2.45) is 7.05 Å². The molecule has 0 saturated carbocycles. The Morgan fingerprint density at radius 2 is 2.18 bits per heavy atom. The van der Waals surface area contributed by atoms with Gasteiger partial charge in [-0.2, -0.15) is 5.10 Å². The number of fused-ring (bicyclic) bond motifs is 1. The van der Waals surface area contributed by atoms with Crippen molar-refractivity contribution in [3.63, 3.8) is 0 Å². The summed E-state index contributed by atoms with van der Waals surface area (Å²) in [5.74, 6) is -0.118. The fraction of sp³-hybridized carbons (Fsp3) is 0.200. The number of amides is 1. The zero-order valence-corrected chi connectivity index (χ0v) is 13.6. The molecule has 2 aromatic heterocycles. The fourth-order valence-electron chi connectivity index (χ4n) is 2.36. The van der Waals surface area contributed by atoms with E-state index >= 15 is 0 Å². The second-order valence-corrected chi connectivity index (χ2v) is 5.97. The predicted octanol–water partition coefficient (Wildman–Crippen LogP) is 3.48. The number of aromatic amines is 1. The number of halogens is 2. The van der Waals surface area contributed by atoms with Gasteiger partial charge in [-0.05, 0) is 18.2 Å². The molecule has 0 spiro atoms. The van der Waals surface area contributed by atoms with Crippen LogP contribution < -0.4 is 0 Å². The molecule has 22 heavy (non-hydrogen) atoms. The van der Waals surface area contributed by atoms with Crippen molar-refractivity contribution in [3.05, 3.63) is 51.9 Å². The lowest BCUT2D eigenvalue weighted by Gasteiger charge is -2.14.